The van der Waals surface area contributed by atoms with Crippen LogP contribution in [0.1, 0.15) is 25.8 Å². The van der Waals surface area contributed by atoms with Gasteiger partial charge in [0.1, 0.15) is 5.75 Å². The first-order chi connectivity index (χ1) is 13.2. The number of rotatable bonds is 5. The molecule has 0 aliphatic rings. The van der Waals surface area contributed by atoms with E-state index in [2.05, 4.69) is 34.4 Å². The molecule has 3 rings (SSSR count). The van der Waals surface area contributed by atoms with Crippen molar-refractivity contribution in [3.8, 4) is 17.0 Å². The quantitative estimate of drug-likeness (QED) is 0.652. The molecule has 6 nitrogen and oxygen atoms in total. The van der Waals surface area contributed by atoms with Crippen LogP contribution in [0.2, 0.25) is 0 Å². The molecule has 0 atom stereocenters. The summed E-state index contributed by atoms with van der Waals surface area (Å²) in [6.45, 7) is 4.66. The summed E-state index contributed by atoms with van der Waals surface area (Å²) in [5, 5.41) is 7.98. The molecule has 2 heterocycles. The molecule has 0 saturated carbocycles. The molecular weight excluding hydrogens is 360 g/mol. The first-order valence-electron chi connectivity index (χ1n) is 8.70. The molecule has 27 heavy (non-hydrogen) atoms. The minimum Gasteiger partial charge on any atom is -0.497 e. The Balaban J connectivity index is 0.000000817. The average molecular weight is 385 g/mol. The minimum absolute atomic E-state index is 0.298. The lowest BCUT2D eigenvalue weighted by Crippen LogP contribution is -2.28. The van der Waals surface area contributed by atoms with E-state index < -0.39 is 0 Å². The van der Waals surface area contributed by atoms with E-state index in [1.807, 2.05) is 41.8 Å². The highest BCUT2D eigenvalue weighted by Crippen LogP contribution is 2.24. The second-order valence-corrected chi connectivity index (χ2v) is 6.50. The number of thiazole rings is 1. The van der Waals surface area contributed by atoms with Gasteiger partial charge in [0, 0.05) is 29.9 Å². The molecule has 142 valence electrons. The zero-order valence-electron chi connectivity index (χ0n) is 15.7. The Morgan fingerprint density at radius 3 is 2.63 bits per heavy atom. The maximum absolute atomic E-state index is 12.0. The number of urea groups is 1. The Morgan fingerprint density at radius 2 is 1.93 bits per heavy atom. The van der Waals surface area contributed by atoms with Crippen LogP contribution in [-0.4, -0.2) is 23.1 Å². The zero-order valence-corrected chi connectivity index (χ0v) is 16.5. The van der Waals surface area contributed by atoms with Crippen LogP contribution in [0.4, 0.5) is 9.93 Å². The highest BCUT2D eigenvalue weighted by Gasteiger charge is 2.08. The van der Waals surface area contributed by atoms with E-state index >= 15 is 0 Å². The van der Waals surface area contributed by atoms with Gasteiger partial charge in [-0.25, -0.2) is 9.78 Å². The number of carbonyl (C=O) groups excluding carboxylic acids is 1. The van der Waals surface area contributed by atoms with Gasteiger partial charge in [-0.2, -0.15) is 0 Å². The van der Waals surface area contributed by atoms with Crippen LogP contribution >= 0.6 is 11.3 Å². The lowest BCUT2D eigenvalue weighted by atomic mass is 10.2. The number of carbonyl (C=O) groups is 1. The van der Waals surface area contributed by atoms with Gasteiger partial charge in [-0.15, -0.1) is 11.3 Å². The zero-order chi connectivity index (χ0) is 19.5. The van der Waals surface area contributed by atoms with Crippen LogP contribution in [-0.2, 0) is 6.54 Å². The number of aromatic nitrogens is 2. The summed E-state index contributed by atoms with van der Waals surface area (Å²) in [5.74, 6) is 0.761. The van der Waals surface area contributed by atoms with E-state index in [-0.39, 0.29) is 6.03 Å². The van der Waals surface area contributed by atoms with Gasteiger partial charge in [0.05, 0.1) is 12.8 Å². The van der Waals surface area contributed by atoms with Crippen LogP contribution < -0.4 is 15.4 Å². The number of methoxy groups -OCH3 is 1. The summed E-state index contributed by atoms with van der Waals surface area (Å²) in [7, 11) is 1.61. The topological polar surface area (TPSA) is 76.1 Å². The SMILES string of the molecule is CCC.COc1cccc(CNC(=O)Nc2nc(-c3ccncc3)cs2)c1. The van der Waals surface area contributed by atoms with Crippen molar-refractivity contribution in [2.24, 2.45) is 0 Å². The van der Waals surface area contributed by atoms with E-state index in [4.69, 9.17) is 4.74 Å². The number of ether oxygens (including phenoxy) is 1. The molecule has 0 radical (unpaired) electrons. The fraction of sp³-hybridized carbons (Fsp3) is 0.250. The summed E-state index contributed by atoms with van der Waals surface area (Å²) in [6, 6.07) is 11.0. The number of anilines is 1. The Morgan fingerprint density at radius 1 is 1.19 bits per heavy atom. The van der Waals surface area contributed by atoms with Crippen LogP contribution in [0.3, 0.4) is 0 Å². The number of nitrogens with zero attached hydrogens (tertiary/aromatic N) is 2. The molecule has 2 amide bonds. The van der Waals surface area contributed by atoms with Crippen LogP contribution in [0, 0.1) is 0 Å². The standard InChI is InChI=1S/C17H16N4O2S.C3H8/c1-23-14-4-2-3-12(9-14)10-19-16(22)21-17-20-15(11-24-17)13-5-7-18-8-6-13;1-3-2/h2-9,11H,10H2,1H3,(H2,19,20,21,22);3H2,1-2H3. The van der Waals surface area contributed by atoms with Crippen molar-refractivity contribution < 1.29 is 9.53 Å². The molecule has 0 fully saturated rings. The summed E-state index contributed by atoms with van der Waals surface area (Å²) >= 11 is 1.38. The molecule has 3 aromatic rings. The van der Waals surface area contributed by atoms with Crippen molar-refractivity contribution in [2.45, 2.75) is 26.8 Å². The highest BCUT2D eigenvalue weighted by molar-refractivity contribution is 7.14. The number of amides is 2. The Labute approximate surface area is 163 Å². The molecule has 0 aliphatic heterocycles. The Kier molecular flexibility index (Phi) is 8.25. The van der Waals surface area contributed by atoms with Gasteiger partial charge in [-0.05, 0) is 29.8 Å². The van der Waals surface area contributed by atoms with Crippen molar-refractivity contribution in [1.29, 1.82) is 0 Å². The van der Waals surface area contributed by atoms with Gasteiger partial charge < -0.3 is 10.1 Å². The number of nitrogens with one attached hydrogen (secondary N) is 2. The van der Waals surface area contributed by atoms with Gasteiger partial charge in [-0.3, -0.25) is 10.3 Å². The number of benzene rings is 1. The molecule has 0 saturated heterocycles. The summed E-state index contributed by atoms with van der Waals surface area (Å²) in [6.07, 6.45) is 4.67. The number of hydrogen-bond donors (Lipinski definition) is 2. The monoisotopic (exact) mass is 384 g/mol. The predicted molar refractivity (Wildman–Crippen MR) is 110 cm³/mol. The fourth-order valence-electron chi connectivity index (χ4n) is 2.09. The second kappa shape index (κ2) is 10.9. The van der Waals surface area contributed by atoms with E-state index in [0.717, 1.165) is 22.6 Å². The van der Waals surface area contributed by atoms with E-state index in [0.29, 0.717) is 11.7 Å². The third-order valence-electron chi connectivity index (χ3n) is 3.29. The predicted octanol–water partition coefficient (Wildman–Crippen LogP) is 4.95. The van der Waals surface area contributed by atoms with Gasteiger partial charge in [0.15, 0.2) is 5.13 Å². The largest absolute Gasteiger partial charge is 0.497 e. The van der Waals surface area contributed by atoms with Gasteiger partial charge in [0.2, 0.25) is 0 Å². The maximum atomic E-state index is 12.0. The second-order valence-electron chi connectivity index (χ2n) is 5.64. The van der Waals surface area contributed by atoms with Crippen LogP contribution in [0.25, 0.3) is 11.3 Å². The first kappa shape index (κ1) is 20.4. The van der Waals surface area contributed by atoms with Crippen molar-refractivity contribution in [3.05, 3.63) is 59.7 Å². The third kappa shape index (κ3) is 6.71. The average Bonchev–Trinajstić information content (AvgIpc) is 3.16. The van der Waals surface area contributed by atoms with Crippen LogP contribution in [0.5, 0.6) is 5.75 Å². The van der Waals surface area contributed by atoms with Crippen molar-refractivity contribution in [3.63, 3.8) is 0 Å². The normalized spacial score (nSPS) is 9.74. The summed E-state index contributed by atoms with van der Waals surface area (Å²) in [4.78, 5) is 20.4. The molecule has 0 aliphatic carbocycles. The minimum atomic E-state index is -0.298. The summed E-state index contributed by atoms with van der Waals surface area (Å²) < 4.78 is 5.16. The van der Waals surface area contributed by atoms with Crippen molar-refractivity contribution >= 4 is 22.5 Å². The third-order valence-corrected chi connectivity index (χ3v) is 4.05. The maximum Gasteiger partial charge on any atom is 0.321 e. The van der Waals surface area contributed by atoms with Gasteiger partial charge in [-0.1, -0.05) is 32.4 Å². The molecular formula is C20H24N4O2S. The number of hydrogen-bond acceptors (Lipinski definition) is 5. The Hall–Kier alpha value is -2.93. The number of pyridine rings is 1. The molecule has 0 spiro atoms. The molecule has 2 aromatic heterocycles. The molecule has 0 bridgehead atoms. The van der Waals surface area contributed by atoms with Crippen LogP contribution in [0.15, 0.2) is 54.2 Å². The van der Waals surface area contributed by atoms with Gasteiger partial charge >= 0.3 is 6.03 Å². The lowest BCUT2D eigenvalue weighted by molar-refractivity contribution is 0.251. The first-order valence-corrected chi connectivity index (χ1v) is 9.57. The highest BCUT2D eigenvalue weighted by atomic mass is 32.1. The molecule has 7 heteroatoms. The molecule has 1 aromatic carbocycles. The fourth-order valence-corrected chi connectivity index (χ4v) is 2.81. The summed E-state index contributed by atoms with van der Waals surface area (Å²) in [5.41, 5.74) is 2.73. The Bertz CT molecular complexity index is 837. The lowest BCUT2D eigenvalue weighted by Gasteiger charge is -2.07. The molecule has 0 unspecified atom stereocenters. The van der Waals surface area contributed by atoms with E-state index in [1.54, 1.807) is 19.5 Å². The molecule has 2 N–H and O–H groups in total. The smallest absolute Gasteiger partial charge is 0.321 e. The van der Waals surface area contributed by atoms with Crippen molar-refractivity contribution in [2.75, 3.05) is 12.4 Å². The van der Waals surface area contributed by atoms with Gasteiger partial charge in [0.25, 0.3) is 0 Å². The van der Waals surface area contributed by atoms with E-state index in [1.165, 1.54) is 17.8 Å². The van der Waals surface area contributed by atoms with Crippen molar-refractivity contribution in [1.82, 2.24) is 15.3 Å². The van der Waals surface area contributed by atoms with E-state index in [9.17, 15) is 4.79 Å².